The number of fused-ring (bicyclic) bond motifs is 3. The molecule has 15 heteroatoms. The lowest BCUT2D eigenvalue weighted by Crippen LogP contribution is -2.53. The number of carboxylic acid groups (broad SMARTS) is 1. The van der Waals surface area contributed by atoms with Gasteiger partial charge in [0.1, 0.15) is 10.6 Å². The monoisotopic (exact) mass is 661 g/mol. The SMILES string of the molecule is Cc1cc(C(=O)O)cc(C(=O)N2CCC3(S(=O)(=O)c4cccc(F)c4)c4ccc(C(F)(C(F)(F)F)C(F)(F)F)cc4CCC23)c1. The number of sulfone groups is 1. The van der Waals surface area contributed by atoms with Crippen molar-refractivity contribution in [2.75, 3.05) is 6.54 Å². The van der Waals surface area contributed by atoms with E-state index in [0.29, 0.717) is 23.8 Å². The Morgan fingerprint density at radius 2 is 1.56 bits per heavy atom. The van der Waals surface area contributed by atoms with Gasteiger partial charge in [0.2, 0.25) is 0 Å². The minimum absolute atomic E-state index is 0.0925. The van der Waals surface area contributed by atoms with Crippen LogP contribution in [0.25, 0.3) is 0 Å². The van der Waals surface area contributed by atoms with Crippen LogP contribution in [0, 0.1) is 12.7 Å². The highest BCUT2D eigenvalue weighted by Gasteiger charge is 2.74. The average molecular weight is 662 g/mol. The molecule has 2 aliphatic rings. The number of alkyl halides is 7. The van der Waals surface area contributed by atoms with Gasteiger partial charge in [-0.3, -0.25) is 4.79 Å². The Hall–Kier alpha value is -4.01. The quantitative estimate of drug-likeness (QED) is 0.309. The Morgan fingerprint density at radius 1 is 0.911 bits per heavy atom. The molecule has 1 N–H and O–H groups in total. The lowest BCUT2D eigenvalue weighted by atomic mass is 9.76. The van der Waals surface area contributed by atoms with Crippen LogP contribution < -0.4 is 0 Å². The van der Waals surface area contributed by atoms with Crippen LogP contribution in [0.5, 0.6) is 0 Å². The Labute approximate surface area is 251 Å². The number of carboxylic acids is 1. The number of benzene rings is 3. The second-order valence-electron chi connectivity index (χ2n) is 11.1. The number of carbonyl (C=O) groups excluding carboxylic acids is 1. The molecule has 0 aromatic heterocycles. The maximum atomic E-state index is 15.0. The van der Waals surface area contributed by atoms with Gasteiger partial charge in [-0.15, -0.1) is 0 Å². The number of hydrogen-bond acceptors (Lipinski definition) is 4. The van der Waals surface area contributed by atoms with E-state index in [2.05, 4.69) is 0 Å². The number of aryl methyl sites for hydroxylation is 2. The van der Waals surface area contributed by atoms with Crippen molar-refractivity contribution in [1.82, 2.24) is 4.90 Å². The zero-order chi connectivity index (χ0) is 33.3. The second kappa shape index (κ2) is 10.5. The Kier molecular flexibility index (Phi) is 7.58. The summed E-state index contributed by atoms with van der Waals surface area (Å²) in [5.41, 5.74) is -8.01. The smallest absolute Gasteiger partial charge is 0.435 e. The van der Waals surface area contributed by atoms with E-state index in [1.807, 2.05) is 0 Å². The molecule has 0 bridgehead atoms. The van der Waals surface area contributed by atoms with Crippen LogP contribution in [0.1, 0.15) is 55.8 Å². The minimum atomic E-state index is -6.40. The molecular weight excluding hydrogens is 638 g/mol. The maximum Gasteiger partial charge on any atom is 0.435 e. The number of likely N-dealkylation sites (tertiary alicyclic amines) is 1. The van der Waals surface area contributed by atoms with Crippen LogP contribution in [0.2, 0.25) is 0 Å². The van der Waals surface area contributed by atoms with Crippen LogP contribution in [0.3, 0.4) is 0 Å². The van der Waals surface area contributed by atoms with Gasteiger partial charge in [0, 0.05) is 17.7 Å². The number of hydrogen-bond donors (Lipinski definition) is 1. The Morgan fingerprint density at radius 3 is 2.16 bits per heavy atom. The minimum Gasteiger partial charge on any atom is -0.478 e. The van der Waals surface area contributed by atoms with Crippen molar-refractivity contribution in [2.45, 2.75) is 59.9 Å². The topological polar surface area (TPSA) is 91.8 Å². The molecule has 3 aromatic carbocycles. The van der Waals surface area contributed by atoms with E-state index in [0.717, 1.165) is 24.3 Å². The van der Waals surface area contributed by atoms with Crippen molar-refractivity contribution in [1.29, 1.82) is 0 Å². The van der Waals surface area contributed by atoms with Gasteiger partial charge in [-0.05, 0) is 79.3 Å². The number of rotatable bonds is 5. The zero-order valence-electron chi connectivity index (χ0n) is 23.1. The summed E-state index contributed by atoms with van der Waals surface area (Å²) in [7, 11) is -4.75. The summed E-state index contributed by atoms with van der Waals surface area (Å²) < 4.78 is 137. The zero-order valence-corrected chi connectivity index (χ0v) is 24.0. The fourth-order valence-electron chi connectivity index (χ4n) is 6.51. The van der Waals surface area contributed by atoms with Crippen LogP contribution >= 0.6 is 0 Å². The first-order valence-corrected chi connectivity index (χ1v) is 14.9. The fourth-order valence-corrected chi connectivity index (χ4v) is 8.91. The van der Waals surface area contributed by atoms with Crippen molar-refractivity contribution < 1.29 is 58.2 Å². The standard InChI is InChI=1S/C30H23F8NO5S/c1-16-11-18(13-19(12-16)26(41)42)25(40)39-10-9-27(45(43,44)22-4-2-3-21(31)15-22)23-7-6-20(14-17(23)5-8-24(27)39)28(32,29(33,34)35)30(36,37)38/h2-4,6-7,11-15,24H,5,8-10H2,1H3,(H,41,42). The van der Waals surface area contributed by atoms with E-state index in [-0.39, 0.29) is 47.7 Å². The van der Waals surface area contributed by atoms with Crippen molar-refractivity contribution in [3.8, 4) is 0 Å². The van der Waals surface area contributed by atoms with Gasteiger partial charge < -0.3 is 10.0 Å². The van der Waals surface area contributed by atoms with Gasteiger partial charge in [0.05, 0.1) is 16.5 Å². The summed E-state index contributed by atoms with van der Waals surface area (Å²) in [4.78, 5) is 26.0. The third kappa shape index (κ3) is 4.86. The van der Waals surface area contributed by atoms with Crippen LogP contribution in [0.15, 0.2) is 65.6 Å². The lowest BCUT2D eigenvalue weighted by Gasteiger charge is -2.43. The molecule has 6 nitrogen and oxygen atoms in total. The van der Waals surface area contributed by atoms with Gasteiger partial charge in [-0.1, -0.05) is 24.3 Å². The number of aromatic carboxylic acids is 1. The normalized spacial score (nSPS) is 20.5. The molecule has 0 spiro atoms. The van der Waals surface area contributed by atoms with E-state index < -0.39 is 73.2 Å². The molecule has 240 valence electrons. The van der Waals surface area contributed by atoms with Crippen molar-refractivity contribution >= 4 is 21.7 Å². The molecule has 1 saturated heterocycles. The first-order chi connectivity index (χ1) is 20.8. The largest absolute Gasteiger partial charge is 0.478 e. The van der Waals surface area contributed by atoms with Crippen molar-refractivity contribution in [2.24, 2.45) is 0 Å². The van der Waals surface area contributed by atoms with Gasteiger partial charge in [0.15, 0.2) is 9.84 Å². The molecule has 1 aliphatic carbocycles. The molecule has 2 unspecified atom stereocenters. The molecule has 45 heavy (non-hydrogen) atoms. The van der Waals surface area contributed by atoms with Gasteiger partial charge in [-0.2, -0.15) is 26.3 Å². The molecule has 0 radical (unpaired) electrons. The molecule has 1 amide bonds. The average Bonchev–Trinajstić information content (AvgIpc) is 3.36. The van der Waals surface area contributed by atoms with Gasteiger partial charge >= 0.3 is 24.0 Å². The highest BCUT2D eigenvalue weighted by atomic mass is 32.2. The summed E-state index contributed by atoms with van der Waals surface area (Å²) in [5.74, 6) is -3.04. The summed E-state index contributed by atoms with van der Waals surface area (Å²) in [6.45, 7) is 1.26. The first kappa shape index (κ1) is 32.4. The predicted octanol–water partition coefficient (Wildman–Crippen LogP) is 6.65. The highest BCUT2D eigenvalue weighted by Crippen LogP contribution is 2.56. The molecule has 0 saturated carbocycles. The molecule has 2 atom stereocenters. The van der Waals surface area contributed by atoms with Gasteiger partial charge in [0.25, 0.3) is 5.91 Å². The highest BCUT2D eigenvalue weighted by molar-refractivity contribution is 7.92. The van der Waals surface area contributed by atoms with Crippen LogP contribution in [0.4, 0.5) is 35.1 Å². The van der Waals surface area contributed by atoms with Crippen molar-refractivity contribution in [3.05, 3.63) is 99.9 Å². The number of amides is 1. The molecule has 1 heterocycles. The molecule has 1 aliphatic heterocycles. The van der Waals surface area contributed by atoms with Crippen LogP contribution in [-0.2, 0) is 26.7 Å². The summed E-state index contributed by atoms with van der Waals surface area (Å²) in [6.07, 6.45) is -13.8. The van der Waals surface area contributed by atoms with E-state index >= 15 is 0 Å². The first-order valence-electron chi connectivity index (χ1n) is 13.4. The molecular formula is C30H23F8NO5S. The molecule has 1 fully saturated rings. The van der Waals surface area contributed by atoms with E-state index in [9.17, 15) is 58.2 Å². The lowest BCUT2D eigenvalue weighted by molar-refractivity contribution is -0.348. The molecule has 5 rings (SSSR count). The number of halogens is 8. The maximum absolute atomic E-state index is 15.0. The van der Waals surface area contributed by atoms with Crippen molar-refractivity contribution in [3.63, 3.8) is 0 Å². The number of nitrogens with zero attached hydrogens (tertiary/aromatic N) is 1. The fraction of sp³-hybridized carbons (Fsp3) is 0.333. The third-order valence-electron chi connectivity index (χ3n) is 8.48. The summed E-state index contributed by atoms with van der Waals surface area (Å²) in [5, 5.41) is 9.45. The Bertz CT molecular complexity index is 1810. The number of carbonyl (C=O) groups is 2. The summed E-state index contributed by atoms with van der Waals surface area (Å²) >= 11 is 0. The molecule has 3 aromatic rings. The summed E-state index contributed by atoms with van der Waals surface area (Å²) in [6, 6.07) is 7.64. The van der Waals surface area contributed by atoms with E-state index in [1.54, 1.807) is 0 Å². The third-order valence-corrected chi connectivity index (χ3v) is 11.0. The van der Waals surface area contributed by atoms with Crippen LogP contribution in [-0.4, -0.2) is 55.2 Å². The predicted molar refractivity (Wildman–Crippen MR) is 143 cm³/mol. The second-order valence-corrected chi connectivity index (χ2v) is 13.3. The van der Waals surface area contributed by atoms with Gasteiger partial charge in [-0.25, -0.2) is 22.0 Å². The van der Waals surface area contributed by atoms with E-state index in [1.165, 1.54) is 24.0 Å². The van der Waals surface area contributed by atoms with E-state index in [4.69, 9.17) is 0 Å². The Balaban J connectivity index is 1.71.